The lowest BCUT2D eigenvalue weighted by Gasteiger charge is -2.15. The SMILES string of the molecule is CCN(CC)CC[n+]1c(/C=C/C=C2\Oc3ccccc3N2CC)sc2ccccc21. The number of hydrogen-bond donors (Lipinski definition) is 0. The molecule has 0 unspecified atom stereocenters. The van der Waals surface area contributed by atoms with Crippen molar-refractivity contribution in [2.75, 3.05) is 31.1 Å². The molecule has 4 nitrogen and oxygen atoms in total. The van der Waals surface area contributed by atoms with Crippen molar-refractivity contribution in [3.8, 4) is 5.75 Å². The van der Waals surface area contributed by atoms with E-state index >= 15 is 0 Å². The molecular weight excluding hydrogens is 390 g/mol. The van der Waals surface area contributed by atoms with Crippen molar-refractivity contribution < 1.29 is 9.30 Å². The molecule has 5 heteroatoms. The molecule has 156 valence electrons. The summed E-state index contributed by atoms with van der Waals surface area (Å²) in [5.74, 6) is 1.81. The van der Waals surface area contributed by atoms with Gasteiger partial charge in [0.05, 0.1) is 12.2 Å². The number of anilines is 1. The van der Waals surface area contributed by atoms with Crippen molar-refractivity contribution in [3.63, 3.8) is 0 Å². The molecule has 0 fully saturated rings. The van der Waals surface area contributed by atoms with E-state index in [-0.39, 0.29) is 0 Å². The van der Waals surface area contributed by atoms with Gasteiger partial charge in [-0.15, -0.1) is 0 Å². The number of allylic oxidation sites excluding steroid dienone is 2. The van der Waals surface area contributed by atoms with Crippen LogP contribution >= 0.6 is 11.3 Å². The largest absolute Gasteiger partial charge is 0.439 e. The van der Waals surface area contributed by atoms with Crippen LogP contribution in [0.15, 0.2) is 66.6 Å². The van der Waals surface area contributed by atoms with E-state index in [1.54, 1.807) is 0 Å². The molecule has 0 radical (unpaired) electrons. The Bertz CT molecular complexity index is 1070. The lowest BCUT2D eigenvalue weighted by molar-refractivity contribution is -0.668. The van der Waals surface area contributed by atoms with E-state index in [2.05, 4.69) is 89.8 Å². The summed E-state index contributed by atoms with van der Waals surface area (Å²) in [4.78, 5) is 4.68. The molecule has 30 heavy (non-hydrogen) atoms. The summed E-state index contributed by atoms with van der Waals surface area (Å²) in [6.07, 6.45) is 6.39. The van der Waals surface area contributed by atoms with Gasteiger partial charge < -0.3 is 9.64 Å². The van der Waals surface area contributed by atoms with Crippen molar-refractivity contribution in [2.24, 2.45) is 0 Å². The average molecular weight is 421 g/mol. The third-order valence-electron chi connectivity index (χ3n) is 5.60. The maximum absolute atomic E-state index is 6.07. The number of benzene rings is 2. The Hall–Kier alpha value is -2.63. The summed E-state index contributed by atoms with van der Waals surface area (Å²) in [7, 11) is 0. The summed E-state index contributed by atoms with van der Waals surface area (Å²) in [5.41, 5.74) is 2.44. The summed E-state index contributed by atoms with van der Waals surface area (Å²) >= 11 is 1.84. The molecule has 0 spiro atoms. The van der Waals surface area contributed by atoms with E-state index in [1.807, 2.05) is 23.5 Å². The quantitative estimate of drug-likeness (QED) is 0.461. The number of nitrogens with zero attached hydrogens (tertiary/aromatic N) is 3. The molecule has 1 aliphatic heterocycles. The van der Waals surface area contributed by atoms with Crippen molar-refractivity contribution in [1.82, 2.24) is 4.90 Å². The molecule has 4 rings (SSSR count). The molecule has 0 saturated carbocycles. The van der Waals surface area contributed by atoms with E-state index in [4.69, 9.17) is 4.74 Å². The summed E-state index contributed by atoms with van der Waals surface area (Å²) in [6, 6.07) is 16.9. The van der Waals surface area contributed by atoms with Gasteiger partial charge in [0.2, 0.25) is 11.4 Å². The van der Waals surface area contributed by atoms with Gasteiger partial charge in [0, 0.05) is 18.7 Å². The number of para-hydroxylation sites is 3. The lowest BCUT2D eigenvalue weighted by atomic mass is 10.3. The Morgan fingerprint density at radius 1 is 1.03 bits per heavy atom. The maximum Gasteiger partial charge on any atom is 0.262 e. The Morgan fingerprint density at radius 2 is 1.80 bits per heavy atom. The Labute approximate surface area is 183 Å². The molecule has 3 aromatic rings. The fourth-order valence-corrected chi connectivity index (χ4v) is 5.01. The number of hydrogen-bond acceptors (Lipinski definition) is 4. The van der Waals surface area contributed by atoms with Crippen LogP contribution in [0.1, 0.15) is 25.8 Å². The van der Waals surface area contributed by atoms with Gasteiger partial charge in [0.25, 0.3) is 5.01 Å². The normalized spacial score (nSPS) is 14.9. The van der Waals surface area contributed by atoms with Crippen LogP contribution in [0.3, 0.4) is 0 Å². The van der Waals surface area contributed by atoms with Crippen LogP contribution in [0, 0.1) is 0 Å². The molecule has 0 atom stereocenters. The van der Waals surface area contributed by atoms with Crippen molar-refractivity contribution in [1.29, 1.82) is 0 Å². The Balaban J connectivity index is 1.60. The van der Waals surface area contributed by atoms with Crippen molar-refractivity contribution in [2.45, 2.75) is 27.3 Å². The first-order valence-corrected chi connectivity index (χ1v) is 11.6. The van der Waals surface area contributed by atoms with Gasteiger partial charge in [-0.3, -0.25) is 4.90 Å². The highest BCUT2D eigenvalue weighted by Gasteiger charge is 2.24. The number of thiazole rings is 1. The number of rotatable bonds is 8. The minimum absolute atomic E-state index is 0.878. The fourth-order valence-electron chi connectivity index (χ4n) is 3.90. The first-order chi connectivity index (χ1) is 14.7. The Kier molecular flexibility index (Phi) is 6.50. The highest BCUT2D eigenvalue weighted by atomic mass is 32.1. The van der Waals surface area contributed by atoms with Crippen molar-refractivity contribution >= 4 is 33.3 Å². The van der Waals surface area contributed by atoms with E-state index in [0.717, 1.165) is 50.0 Å². The van der Waals surface area contributed by atoms with Gasteiger partial charge in [-0.1, -0.05) is 49.4 Å². The van der Waals surface area contributed by atoms with Gasteiger partial charge >= 0.3 is 0 Å². The first kappa shape index (κ1) is 20.6. The van der Waals surface area contributed by atoms with Gasteiger partial charge in [0.15, 0.2) is 12.3 Å². The molecule has 0 saturated heterocycles. The zero-order valence-electron chi connectivity index (χ0n) is 18.0. The molecule has 0 amide bonds. The van der Waals surface area contributed by atoms with E-state index in [9.17, 15) is 0 Å². The molecule has 0 N–H and O–H groups in total. The monoisotopic (exact) mass is 420 g/mol. The maximum atomic E-state index is 6.07. The fraction of sp³-hybridized carbons (Fsp3) is 0.320. The number of fused-ring (bicyclic) bond motifs is 2. The summed E-state index contributed by atoms with van der Waals surface area (Å²) in [5, 5.41) is 1.26. The van der Waals surface area contributed by atoms with E-state index in [0.29, 0.717) is 0 Å². The smallest absolute Gasteiger partial charge is 0.262 e. The third-order valence-corrected chi connectivity index (χ3v) is 6.73. The number of likely N-dealkylation sites (N-methyl/N-ethyl adjacent to an activating group) is 1. The van der Waals surface area contributed by atoms with Gasteiger partial charge in [-0.2, -0.15) is 4.57 Å². The zero-order valence-corrected chi connectivity index (χ0v) is 18.9. The molecule has 1 aromatic heterocycles. The minimum Gasteiger partial charge on any atom is -0.439 e. The van der Waals surface area contributed by atoms with Gasteiger partial charge in [-0.05, 0) is 50.4 Å². The highest BCUT2D eigenvalue weighted by Crippen LogP contribution is 2.38. The molecule has 2 heterocycles. The molecule has 2 aromatic carbocycles. The Morgan fingerprint density at radius 3 is 2.60 bits per heavy atom. The minimum atomic E-state index is 0.878. The van der Waals surface area contributed by atoms with Crippen LogP contribution in [-0.2, 0) is 6.54 Å². The zero-order chi connectivity index (χ0) is 20.9. The van der Waals surface area contributed by atoms with E-state index < -0.39 is 0 Å². The van der Waals surface area contributed by atoms with Crippen LogP contribution in [0.2, 0.25) is 0 Å². The second kappa shape index (κ2) is 9.45. The molecule has 0 aliphatic carbocycles. The number of ether oxygens (including phenoxy) is 1. The molecule has 0 bridgehead atoms. The second-order valence-electron chi connectivity index (χ2n) is 7.26. The third kappa shape index (κ3) is 4.13. The van der Waals surface area contributed by atoms with Gasteiger partial charge in [0.1, 0.15) is 4.70 Å². The second-order valence-corrected chi connectivity index (χ2v) is 8.33. The lowest BCUT2D eigenvalue weighted by Crippen LogP contribution is -2.41. The number of aromatic nitrogens is 1. The summed E-state index contributed by atoms with van der Waals surface area (Å²) in [6.45, 7) is 11.7. The standard InChI is InChI=1S/C25H30N3OS/c1-4-26(5-2)18-19-28-21-13-8-10-15-23(21)30-25(28)17-11-16-24-27(6-3)20-12-7-9-14-22(20)29-24/h7-17H,4-6,18-19H2,1-3H3/q+1. The van der Waals surface area contributed by atoms with Crippen LogP contribution in [-0.4, -0.2) is 31.1 Å². The highest BCUT2D eigenvalue weighted by molar-refractivity contribution is 7.18. The average Bonchev–Trinajstić information content (AvgIpc) is 3.32. The predicted octanol–water partition coefficient (Wildman–Crippen LogP) is 5.30. The summed E-state index contributed by atoms with van der Waals surface area (Å²) < 4.78 is 9.83. The molecular formula is C25H30N3OS+. The predicted molar refractivity (Wildman–Crippen MR) is 127 cm³/mol. The van der Waals surface area contributed by atoms with Crippen LogP contribution < -0.4 is 14.2 Å². The van der Waals surface area contributed by atoms with Gasteiger partial charge in [-0.25, -0.2) is 0 Å². The van der Waals surface area contributed by atoms with Crippen LogP contribution in [0.5, 0.6) is 5.75 Å². The van der Waals surface area contributed by atoms with Crippen LogP contribution in [0.4, 0.5) is 5.69 Å². The first-order valence-electron chi connectivity index (χ1n) is 10.8. The molecule has 1 aliphatic rings. The van der Waals surface area contributed by atoms with E-state index in [1.165, 1.54) is 15.2 Å². The topological polar surface area (TPSA) is 19.6 Å². The van der Waals surface area contributed by atoms with Crippen LogP contribution in [0.25, 0.3) is 16.3 Å². The van der Waals surface area contributed by atoms with Crippen molar-refractivity contribution in [3.05, 3.63) is 71.6 Å².